The molecule has 1 aliphatic rings. The molecular weight excluding hydrogens is 198 g/mol. The van der Waals surface area contributed by atoms with Crippen molar-refractivity contribution in [1.82, 2.24) is 15.1 Å². The standard InChI is InChI=1S/C13H29N3/c1-6-14-12(2)10-16(5)11-13(15(3)4)8-7-9-13/h12,14H,6-11H2,1-5H3. The predicted octanol–water partition coefficient (Wildman–Crippen LogP) is 1.40. The zero-order valence-electron chi connectivity index (χ0n) is 11.7. The van der Waals surface area contributed by atoms with Gasteiger partial charge in [0.25, 0.3) is 0 Å². The molecule has 0 spiro atoms. The normalized spacial score (nSPS) is 21.2. The molecule has 0 aromatic carbocycles. The molecule has 0 bridgehead atoms. The molecule has 0 aliphatic heterocycles. The largest absolute Gasteiger partial charge is 0.313 e. The van der Waals surface area contributed by atoms with E-state index in [1.807, 2.05) is 0 Å². The van der Waals surface area contributed by atoms with Gasteiger partial charge >= 0.3 is 0 Å². The average Bonchev–Trinajstić information content (AvgIpc) is 2.10. The maximum Gasteiger partial charge on any atom is 0.0330 e. The van der Waals surface area contributed by atoms with E-state index in [-0.39, 0.29) is 0 Å². The maximum atomic E-state index is 3.47. The summed E-state index contributed by atoms with van der Waals surface area (Å²) in [6.45, 7) is 7.85. The Hall–Kier alpha value is -0.120. The van der Waals surface area contributed by atoms with Crippen LogP contribution in [0.5, 0.6) is 0 Å². The Kier molecular flexibility index (Phi) is 5.22. The topological polar surface area (TPSA) is 18.5 Å². The molecular formula is C13H29N3. The summed E-state index contributed by atoms with van der Waals surface area (Å²) in [5, 5.41) is 3.47. The lowest BCUT2D eigenvalue weighted by Gasteiger charge is -2.49. The Morgan fingerprint density at radius 1 is 1.25 bits per heavy atom. The highest BCUT2D eigenvalue weighted by Gasteiger charge is 2.39. The van der Waals surface area contributed by atoms with Gasteiger partial charge in [-0.3, -0.25) is 0 Å². The first-order chi connectivity index (χ1) is 7.50. The Bertz CT molecular complexity index is 199. The summed E-state index contributed by atoms with van der Waals surface area (Å²) in [7, 11) is 6.69. The van der Waals surface area contributed by atoms with Crippen molar-refractivity contribution in [3.05, 3.63) is 0 Å². The summed E-state index contributed by atoms with van der Waals surface area (Å²) in [6, 6.07) is 0.592. The molecule has 0 heterocycles. The number of hydrogen-bond donors (Lipinski definition) is 1. The van der Waals surface area contributed by atoms with Crippen LogP contribution in [0.25, 0.3) is 0 Å². The Labute approximate surface area is 101 Å². The Morgan fingerprint density at radius 2 is 1.88 bits per heavy atom. The Balaban J connectivity index is 2.35. The number of hydrogen-bond acceptors (Lipinski definition) is 3. The zero-order chi connectivity index (χ0) is 12.2. The molecule has 1 atom stereocenters. The van der Waals surface area contributed by atoms with Crippen LogP contribution in [-0.2, 0) is 0 Å². The first-order valence-corrected chi connectivity index (χ1v) is 6.59. The van der Waals surface area contributed by atoms with Crippen molar-refractivity contribution >= 4 is 0 Å². The van der Waals surface area contributed by atoms with Crippen molar-refractivity contribution in [3.63, 3.8) is 0 Å². The number of nitrogens with one attached hydrogen (secondary N) is 1. The molecule has 1 rings (SSSR count). The summed E-state index contributed by atoms with van der Waals surface area (Å²) >= 11 is 0. The minimum Gasteiger partial charge on any atom is -0.313 e. The maximum absolute atomic E-state index is 3.47. The summed E-state index contributed by atoms with van der Waals surface area (Å²) in [5.74, 6) is 0. The molecule has 1 fully saturated rings. The second kappa shape index (κ2) is 5.99. The van der Waals surface area contributed by atoms with E-state index in [2.05, 4.69) is 50.1 Å². The van der Waals surface area contributed by atoms with Crippen LogP contribution in [0.15, 0.2) is 0 Å². The third kappa shape index (κ3) is 3.44. The van der Waals surface area contributed by atoms with Crippen LogP contribution in [0, 0.1) is 0 Å². The minimum absolute atomic E-state index is 0.459. The summed E-state index contributed by atoms with van der Waals surface area (Å²) < 4.78 is 0. The van der Waals surface area contributed by atoms with Crippen molar-refractivity contribution < 1.29 is 0 Å². The van der Waals surface area contributed by atoms with Crippen molar-refractivity contribution in [3.8, 4) is 0 Å². The SMILES string of the molecule is CCNC(C)CN(C)CC1(N(C)C)CCC1. The zero-order valence-corrected chi connectivity index (χ0v) is 11.7. The molecule has 1 aliphatic carbocycles. The summed E-state index contributed by atoms with van der Waals surface area (Å²) in [5.41, 5.74) is 0.459. The van der Waals surface area contributed by atoms with Gasteiger partial charge in [0.1, 0.15) is 0 Å². The number of likely N-dealkylation sites (N-methyl/N-ethyl adjacent to an activating group) is 3. The molecule has 96 valence electrons. The molecule has 1 unspecified atom stereocenters. The van der Waals surface area contributed by atoms with Gasteiger partial charge in [-0.25, -0.2) is 0 Å². The smallest absolute Gasteiger partial charge is 0.0330 e. The fourth-order valence-corrected chi connectivity index (χ4v) is 2.78. The number of rotatable bonds is 7. The van der Waals surface area contributed by atoms with Gasteiger partial charge in [0.15, 0.2) is 0 Å². The van der Waals surface area contributed by atoms with Crippen molar-refractivity contribution in [2.24, 2.45) is 0 Å². The van der Waals surface area contributed by atoms with Gasteiger partial charge in [-0.15, -0.1) is 0 Å². The highest BCUT2D eigenvalue weighted by Crippen LogP contribution is 2.36. The lowest BCUT2D eigenvalue weighted by Crippen LogP contribution is -2.57. The van der Waals surface area contributed by atoms with Gasteiger partial charge in [0, 0.05) is 24.7 Å². The highest BCUT2D eigenvalue weighted by atomic mass is 15.2. The van der Waals surface area contributed by atoms with Crippen LogP contribution in [0.4, 0.5) is 0 Å². The lowest BCUT2D eigenvalue weighted by molar-refractivity contribution is 0.0261. The van der Waals surface area contributed by atoms with Gasteiger partial charge in [-0.1, -0.05) is 6.92 Å². The molecule has 0 aromatic rings. The van der Waals surface area contributed by atoms with E-state index >= 15 is 0 Å². The molecule has 3 heteroatoms. The predicted molar refractivity (Wildman–Crippen MR) is 70.9 cm³/mol. The van der Waals surface area contributed by atoms with Gasteiger partial charge in [0.05, 0.1) is 0 Å². The quantitative estimate of drug-likeness (QED) is 0.709. The highest BCUT2D eigenvalue weighted by molar-refractivity contribution is 4.98. The van der Waals surface area contributed by atoms with E-state index in [1.165, 1.54) is 25.8 Å². The molecule has 0 aromatic heterocycles. The monoisotopic (exact) mass is 227 g/mol. The van der Waals surface area contributed by atoms with Gasteiger partial charge < -0.3 is 15.1 Å². The summed E-state index contributed by atoms with van der Waals surface area (Å²) in [4.78, 5) is 4.90. The van der Waals surface area contributed by atoms with Crippen molar-refractivity contribution in [2.75, 3.05) is 40.8 Å². The average molecular weight is 227 g/mol. The molecule has 1 saturated carbocycles. The van der Waals surface area contributed by atoms with E-state index in [9.17, 15) is 0 Å². The van der Waals surface area contributed by atoms with E-state index < -0.39 is 0 Å². The van der Waals surface area contributed by atoms with Crippen LogP contribution in [0.2, 0.25) is 0 Å². The fraction of sp³-hybridized carbons (Fsp3) is 1.00. The van der Waals surface area contributed by atoms with Gasteiger partial charge in [-0.05, 0) is 53.9 Å². The Morgan fingerprint density at radius 3 is 2.25 bits per heavy atom. The van der Waals surface area contributed by atoms with E-state index in [0.29, 0.717) is 11.6 Å². The molecule has 0 amide bonds. The third-order valence-corrected chi connectivity index (χ3v) is 3.94. The first-order valence-electron chi connectivity index (χ1n) is 6.59. The lowest BCUT2D eigenvalue weighted by atomic mass is 9.75. The van der Waals surface area contributed by atoms with Crippen molar-refractivity contribution in [1.29, 1.82) is 0 Å². The first kappa shape index (κ1) is 13.9. The van der Waals surface area contributed by atoms with Crippen LogP contribution in [0.3, 0.4) is 0 Å². The third-order valence-electron chi connectivity index (χ3n) is 3.94. The second-order valence-corrected chi connectivity index (χ2v) is 5.63. The molecule has 1 N–H and O–H groups in total. The van der Waals surface area contributed by atoms with Crippen molar-refractivity contribution in [2.45, 2.75) is 44.7 Å². The van der Waals surface area contributed by atoms with Crippen LogP contribution < -0.4 is 5.32 Å². The summed E-state index contributed by atoms with van der Waals surface area (Å²) in [6.07, 6.45) is 4.12. The second-order valence-electron chi connectivity index (χ2n) is 5.63. The van der Waals surface area contributed by atoms with Crippen LogP contribution >= 0.6 is 0 Å². The molecule has 3 nitrogen and oxygen atoms in total. The van der Waals surface area contributed by atoms with E-state index in [0.717, 1.165) is 13.1 Å². The number of nitrogens with zero attached hydrogens (tertiary/aromatic N) is 2. The molecule has 0 saturated heterocycles. The van der Waals surface area contributed by atoms with E-state index in [1.54, 1.807) is 0 Å². The van der Waals surface area contributed by atoms with Crippen LogP contribution in [-0.4, -0.2) is 62.2 Å². The molecule has 16 heavy (non-hydrogen) atoms. The van der Waals surface area contributed by atoms with Crippen LogP contribution in [0.1, 0.15) is 33.1 Å². The molecule has 0 radical (unpaired) electrons. The van der Waals surface area contributed by atoms with Gasteiger partial charge in [0.2, 0.25) is 0 Å². The van der Waals surface area contributed by atoms with E-state index in [4.69, 9.17) is 0 Å². The van der Waals surface area contributed by atoms with Gasteiger partial charge in [-0.2, -0.15) is 0 Å². The fourth-order valence-electron chi connectivity index (χ4n) is 2.78. The minimum atomic E-state index is 0.459.